The summed E-state index contributed by atoms with van der Waals surface area (Å²) in [7, 11) is -3.49. The maximum atomic E-state index is 12.0. The van der Waals surface area contributed by atoms with Gasteiger partial charge in [0.25, 0.3) is 5.91 Å². The summed E-state index contributed by atoms with van der Waals surface area (Å²) < 4.78 is 24.5. The molecule has 1 heterocycles. The third kappa shape index (κ3) is 3.78. The van der Waals surface area contributed by atoms with Crippen LogP contribution in [0.5, 0.6) is 0 Å². The van der Waals surface area contributed by atoms with Crippen molar-refractivity contribution in [2.45, 2.75) is 25.8 Å². The minimum Gasteiger partial charge on any atom is -0.352 e. The van der Waals surface area contributed by atoms with Gasteiger partial charge in [-0.25, -0.2) is 12.7 Å². The largest absolute Gasteiger partial charge is 0.352 e. The van der Waals surface area contributed by atoms with Crippen molar-refractivity contribution in [3.63, 3.8) is 0 Å². The van der Waals surface area contributed by atoms with E-state index in [0.29, 0.717) is 17.0 Å². The number of hydrogen-bond acceptors (Lipinski definition) is 4. The molecule has 1 unspecified atom stereocenters. The van der Waals surface area contributed by atoms with Gasteiger partial charge in [0.2, 0.25) is 15.9 Å². The van der Waals surface area contributed by atoms with Gasteiger partial charge in [0.1, 0.15) is 0 Å². The van der Waals surface area contributed by atoms with E-state index in [-0.39, 0.29) is 30.7 Å². The van der Waals surface area contributed by atoms with Gasteiger partial charge in [-0.15, -0.1) is 0 Å². The van der Waals surface area contributed by atoms with Crippen molar-refractivity contribution in [3.05, 3.63) is 34.9 Å². The first-order chi connectivity index (χ1) is 10.3. The second kappa shape index (κ2) is 6.66. The minimum absolute atomic E-state index is 0.00518. The highest BCUT2D eigenvalue weighted by atomic mass is 35.5. The molecule has 0 saturated carbocycles. The molecule has 0 radical (unpaired) electrons. The first kappa shape index (κ1) is 16.8. The van der Waals surface area contributed by atoms with E-state index in [9.17, 15) is 18.0 Å². The van der Waals surface area contributed by atoms with Crippen LogP contribution in [0, 0.1) is 0 Å². The summed E-state index contributed by atoms with van der Waals surface area (Å²) in [5, 5.41) is 3.03. The Morgan fingerprint density at radius 2 is 2.14 bits per heavy atom. The summed E-state index contributed by atoms with van der Waals surface area (Å²) in [6.45, 7) is 1.77. The van der Waals surface area contributed by atoms with Crippen LogP contribution in [0.3, 0.4) is 0 Å². The van der Waals surface area contributed by atoms with E-state index >= 15 is 0 Å². The highest BCUT2D eigenvalue weighted by Gasteiger charge is 2.37. The highest BCUT2D eigenvalue weighted by Crippen LogP contribution is 2.21. The number of rotatable bonds is 4. The number of sulfonamides is 1. The van der Waals surface area contributed by atoms with Crippen molar-refractivity contribution in [1.29, 1.82) is 0 Å². The molecule has 1 fully saturated rings. The van der Waals surface area contributed by atoms with E-state index in [0.717, 1.165) is 4.31 Å². The van der Waals surface area contributed by atoms with E-state index < -0.39 is 15.9 Å². The topological polar surface area (TPSA) is 83.6 Å². The summed E-state index contributed by atoms with van der Waals surface area (Å²) in [6.07, 6.45) is 0.388. The standard InChI is InChI=1S/C14H17ClN2O4S/c1-10-6-8-22(20,21)17(10)13(18)5-7-16-14(19)11-3-2-4-12(15)9-11/h2-4,9-10H,5-8H2,1H3,(H,16,19). The van der Waals surface area contributed by atoms with E-state index in [2.05, 4.69) is 5.32 Å². The third-order valence-corrected chi connectivity index (χ3v) is 5.60. The number of nitrogens with one attached hydrogen (secondary N) is 1. The highest BCUT2D eigenvalue weighted by molar-refractivity contribution is 7.89. The quantitative estimate of drug-likeness (QED) is 0.895. The van der Waals surface area contributed by atoms with Crippen LogP contribution in [-0.4, -0.2) is 42.9 Å². The Balaban J connectivity index is 1.88. The molecule has 0 bridgehead atoms. The van der Waals surface area contributed by atoms with Gasteiger partial charge >= 0.3 is 0 Å². The fraction of sp³-hybridized carbons (Fsp3) is 0.429. The number of carbonyl (C=O) groups excluding carboxylic acids is 2. The van der Waals surface area contributed by atoms with Gasteiger partial charge in [-0.2, -0.15) is 0 Å². The molecule has 6 nitrogen and oxygen atoms in total. The van der Waals surface area contributed by atoms with Crippen LogP contribution in [0.25, 0.3) is 0 Å². The number of amides is 2. The molecule has 1 atom stereocenters. The van der Waals surface area contributed by atoms with Crippen LogP contribution < -0.4 is 5.32 Å². The van der Waals surface area contributed by atoms with Crippen LogP contribution in [0.1, 0.15) is 30.1 Å². The molecule has 1 saturated heterocycles. The van der Waals surface area contributed by atoms with Gasteiger partial charge in [-0.3, -0.25) is 9.59 Å². The Morgan fingerprint density at radius 1 is 1.41 bits per heavy atom. The molecule has 0 aromatic heterocycles. The van der Waals surface area contributed by atoms with Crippen LogP contribution in [0.4, 0.5) is 0 Å². The number of halogens is 1. The summed E-state index contributed by atoms with van der Waals surface area (Å²) in [6, 6.07) is 6.12. The molecule has 22 heavy (non-hydrogen) atoms. The maximum absolute atomic E-state index is 12.0. The average Bonchev–Trinajstić information content (AvgIpc) is 2.72. The third-order valence-electron chi connectivity index (χ3n) is 3.45. The van der Waals surface area contributed by atoms with Gasteiger partial charge in [0.15, 0.2) is 0 Å². The van der Waals surface area contributed by atoms with Crippen LogP contribution in [0.2, 0.25) is 5.02 Å². The molecule has 1 N–H and O–H groups in total. The molecule has 0 spiro atoms. The van der Waals surface area contributed by atoms with Crippen molar-refractivity contribution < 1.29 is 18.0 Å². The van der Waals surface area contributed by atoms with Crippen molar-refractivity contribution in [2.24, 2.45) is 0 Å². The Kier molecular flexibility index (Phi) is 5.08. The van der Waals surface area contributed by atoms with Gasteiger partial charge in [0, 0.05) is 29.6 Å². The van der Waals surface area contributed by atoms with E-state index in [1.165, 1.54) is 6.07 Å². The number of nitrogens with zero attached hydrogens (tertiary/aromatic N) is 1. The van der Waals surface area contributed by atoms with E-state index in [1.54, 1.807) is 25.1 Å². The zero-order valence-corrected chi connectivity index (χ0v) is 13.7. The van der Waals surface area contributed by atoms with Gasteiger partial charge in [-0.1, -0.05) is 17.7 Å². The average molecular weight is 345 g/mol. The molecule has 120 valence electrons. The molecule has 1 aromatic rings. The lowest BCUT2D eigenvalue weighted by atomic mass is 10.2. The molecule has 1 aliphatic heterocycles. The molecule has 2 amide bonds. The molecule has 1 aliphatic rings. The number of hydrogen-bond donors (Lipinski definition) is 1. The minimum atomic E-state index is -3.49. The summed E-state index contributed by atoms with van der Waals surface area (Å²) in [4.78, 5) is 23.9. The van der Waals surface area contributed by atoms with Crippen molar-refractivity contribution in [2.75, 3.05) is 12.3 Å². The molecular formula is C14H17ClN2O4S. The summed E-state index contributed by atoms with van der Waals surface area (Å²) in [5.74, 6) is -0.849. The van der Waals surface area contributed by atoms with Crippen molar-refractivity contribution in [3.8, 4) is 0 Å². The summed E-state index contributed by atoms with van der Waals surface area (Å²) in [5.41, 5.74) is 0.391. The predicted octanol–water partition coefficient (Wildman–Crippen LogP) is 1.41. The van der Waals surface area contributed by atoms with Gasteiger partial charge in [-0.05, 0) is 31.5 Å². The lowest BCUT2D eigenvalue weighted by molar-refractivity contribution is -0.127. The Morgan fingerprint density at radius 3 is 2.73 bits per heavy atom. The van der Waals surface area contributed by atoms with Gasteiger partial charge < -0.3 is 5.32 Å². The Hall–Kier alpha value is -1.60. The van der Waals surface area contributed by atoms with Crippen LogP contribution >= 0.6 is 11.6 Å². The molecule has 8 heteroatoms. The maximum Gasteiger partial charge on any atom is 0.251 e. The van der Waals surface area contributed by atoms with Crippen molar-refractivity contribution in [1.82, 2.24) is 9.62 Å². The first-order valence-electron chi connectivity index (χ1n) is 6.90. The Labute approximate surface area is 134 Å². The van der Waals surface area contributed by atoms with Gasteiger partial charge in [0.05, 0.1) is 5.75 Å². The zero-order valence-electron chi connectivity index (χ0n) is 12.1. The lowest BCUT2D eigenvalue weighted by Crippen LogP contribution is -2.39. The molecule has 0 aliphatic carbocycles. The molecule has 2 rings (SSSR count). The Bertz CT molecular complexity index is 690. The first-order valence-corrected chi connectivity index (χ1v) is 8.88. The normalized spacial score (nSPS) is 19.9. The van der Waals surface area contributed by atoms with Crippen molar-refractivity contribution >= 4 is 33.4 Å². The van der Waals surface area contributed by atoms with E-state index in [4.69, 9.17) is 11.6 Å². The second-order valence-electron chi connectivity index (χ2n) is 5.16. The predicted molar refractivity (Wildman–Crippen MR) is 83.1 cm³/mol. The fourth-order valence-electron chi connectivity index (χ4n) is 2.34. The second-order valence-corrected chi connectivity index (χ2v) is 7.56. The number of carbonyl (C=O) groups is 2. The zero-order chi connectivity index (χ0) is 16.3. The van der Waals surface area contributed by atoms with Crippen LogP contribution in [-0.2, 0) is 14.8 Å². The SMILES string of the molecule is CC1CCS(=O)(=O)N1C(=O)CCNC(=O)c1cccc(Cl)c1. The molecule has 1 aromatic carbocycles. The lowest BCUT2D eigenvalue weighted by Gasteiger charge is -2.20. The van der Waals surface area contributed by atoms with E-state index in [1.807, 2.05) is 0 Å². The smallest absolute Gasteiger partial charge is 0.251 e. The number of benzene rings is 1. The summed E-state index contributed by atoms with van der Waals surface area (Å²) >= 11 is 5.80. The molecular weight excluding hydrogens is 328 g/mol. The fourth-order valence-corrected chi connectivity index (χ4v) is 4.42. The monoisotopic (exact) mass is 344 g/mol. The van der Waals surface area contributed by atoms with Crippen LogP contribution in [0.15, 0.2) is 24.3 Å².